The second-order valence-electron chi connectivity index (χ2n) is 5.72. The standard InChI is InChI=1S/C14H20N2O3/c1-10-12(18-11-6-5-7-15-8-11)9-16(10)13(17)19-14(2,3)4/h5-8,10,12H,9H2,1-4H3/t10-,12+/m0/s1. The smallest absolute Gasteiger partial charge is 0.410 e. The van der Waals surface area contributed by atoms with Crippen molar-refractivity contribution in [3.63, 3.8) is 0 Å². The van der Waals surface area contributed by atoms with Crippen LogP contribution in [-0.4, -0.2) is 40.3 Å². The van der Waals surface area contributed by atoms with Crippen LogP contribution in [0.25, 0.3) is 0 Å². The van der Waals surface area contributed by atoms with Crippen molar-refractivity contribution in [2.24, 2.45) is 0 Å². The second-order valence-corrected chi connectivity index (χ2v) is 5.72. The number of hydrogen-bond donors (Lipinski definition) is 0. The summed E-state index contributed by atoms with van der Waals surface area (Å²) in [6.07, 6.45) is 3.08. The first-order valence-corrected chi connectivity index (χ1v) is 6.43. The first kappa shape index (κ1) is 13.6. The van der Waals surface area contributed by atoms with Crippen LogP contribution in [0.1, 0.15) is 27.7 Å². The maximum Gasteiger partial charge on any atom is 0.410 e. The fraction of sp³-hybridized carbons (Fsp3) is 0.571. The van der Waals surface area contributed by atoms with E-state index in [4.69, 9.17) is 9.47 Å². The number of rotatable bonds is 2. The van der Waals surface area contributed by atoms with Crippen LogP contribution >= 0.6 is 0 Å². The molecule has 0 aliphatic carbocycles. The van der Waals surface area contributed by atoms with Gasteiger partial charge in [-0.05, 0) is 39.8 Å². The molecule has 1 fully saturated rings. The Kier molecular flexibility index (Phi) is 3.64. The fourth-order valence-corrected chi connectivity index (χ4v) is 1.86. The molecular formula is C14H20N2O3. The van der Waals surface area contributed by atoms with E-state index in [0.717, 1.165) is 5.75 Å². The van der Waals surface area contributed by atoms with Crippen LogP contribution in [0.4, 0.5) is 4.79 Å². The Morgan fingerprint density at radius 1 is 1.47 bits per heavy atom. The number of hydrogen-bond acceptors (Lipinski definition) is 4. The van der Waals surface area contributed by atoms with E-state index in [2.05, 4.69) is 4.98 Å². The molecule has 0 bridgehead atoms. The van der Waals surface area contributed by atoms with Gasteiger partial charge in [-0.15, -0.1) is 0 Å². The van der Waals surface area contributed by atoms with Crippen LogP contribution in [-0.2, 0) is 4.74 Å². The molecule has 1 saturated heterocycles. The third-order valence-corrected chi connectivity index (χ3v) is 2.96. The number of carbonyl (C=O) groups is 1. The first-order valence-electron chi connectivity index (χ1n) is 6.43. The Hall–Kier alpha value is -1.78. The monoisotopic (exact) mass is 264 g/mol. The van der Waals surface area contributed by atoms with E-state index >= 15 is 0 Å². The van der Waals surface area contributed by atoms with Gasteiger partial charge in [0.1, 0.15) is 17.5 Å². The van der Waals surface area contributed by atoms with Crippen molar-refractivity contribution >= 4 is 6.09 Å². The summed E-state index contributed by atoms with van der Waals surface area (Å²) in [4.78, 5) is 17.6. The summed E-state index contributed by atoms with van der Waals surface area (Å²) < 4.78 is 11.1. The average Bonchev–Trinajstić information content (AvgIpc) is 2.32. The van der Waals surface area contributed by atoms with Crippen molar-refractivity contribution in [1.29, 1.82) is 0 Å². The van der Waals surface area contributed by atoms with Crippen LogP contribution in [0, 0.1) is 0 Å². The molecule has 5 heteroatoms. The lowest BCUT2D eigenvalue weighted by molar-refractivity contribution is -0.0537. The molecule has 1 aliphatic rings. The third-order valence-electron chi connectivity index (χ3n) is 2.96. The Bertz CT molecular complexity index is 442. The molecule has 0 radical (unpaired) electrons. The van der Waals surface area contributed by atoms with E-state index in [-0.39, 0.29) is 18.2 Å². The number of likely N-dealkylation sites (tertiary alicyclic amines) is 1. The molecular weight excluding hydrogens is 244 g/mol. The Labute approximate surface area is 113 Å². The number of amides is 1. The summed E-state index contributed by atoms with van der Waals surface area (Å²) in [7, 11) is 0. The minimum absolute atomic E-state index is 0.00304. The zero-order valence-corrected chi connectivity index (χ0v) is 11.8. The highest BCUT2D eigenvalue weighted by molar-refractivity contribution is 5.70. The lowest BCUT2D eigenvalue weighted by Crippen LogP contribution is -2.63. The Balaban J connectivity index is 1.86. The molecule has 1 aromatic rings. The molecule has 0 saturated carbocycles. The van der Waals surface area contributed by atoms with Gasteiger partial charge in [0.2, 0.25) is 0 Å². The molecule has 5 nitrogen and oxygen atoms in total. The minimum atomic E-state index is -0.466. The van der Waals surface area contributed by atoms with Crippen LogP contribution in [0.2, 0.25) is 0 Å². The highest BCUT2D eigenvalue weighted by Crippen LogP contribution is 2.25. The first-order chi connectivity index (χ1) is 8.87. The van der Waals surface area contributed by atoms with Crippen LogP contribution in [0.5, 0.6) is 5.75 Å². The average molecular weight is 264 g/mol. The summed E-state index contributed by atoms with van der Waals surface area (Å²) in [5.74, 6) is 0.725. The molecule has 1 aliphatic heterocycles. The second kappa shape index (κ2) is 5.07. The van der Waals surface area contributed by atoms with Gasteiger partial charge in [-0.25, -0.2) is 4.79 Å². The van der Waals surface area contributed by atoms with E-state index in [0.29, 0.717) is 6.54 Å². The zero-order valence-electron chi connectivity index (χ0n) is 11.8. The molecule has 0 spiro atoms. The molecule has 1 amide bonds. The summed E-state index contributed by atoms with van der Waals surface area (Å²) >= 11 is 0. The predicted molar refractivity (Wildman–Crippen MR) is 71.1 cm³/mol. The van der Waals surface area contributed by atoms with Crippen molar-refractivity contribution in [2.75, 3.05) is 6.54 Å². The Morgan fingerprint density at radius 3 is 2.74 bits per heavy atom. The van der Waals surface area contributed by atoms with Crippen LogP contribution < -0.4 is 4.74 Å². The van der Waals surface area contributed by atoms with E-state index in [9.17, 15) is 4.79 Å². The highest BCUT2D eigenvalue weighted by atomic mass is 16.6. The van der Waals surface area contributed by atoms with Gasteiger partial charge in [-0.1, -0.05) is 0 Å². The van der Waals surface area contributed by atoms with Crippen molar-refractivity contribution in [3.8, 4) is 5.75 Å². The predicted octanol–water partition coefficient (Wildman–Crippen LogP) is 2.47. The Morgan fingerprint density at radius 2 is 2.21 bits per heavy atom. The summed E-state index contributed by atoms with van der Waals surface area (Å²) in [6.45, 7) is 8.08. The number of ether oxygens (including phenoxy) is 2. The van der Waals surface area contributed by atoms with E-state index in [1.165, 1.54) is 0 Å². The third kappa shape index (κ3) is 3.36. The fourth-order valence-electron chi connectivity index (χ4n) is 1.86. The van der Waals surface area contributed by atoms with Crippen LogP contribution in [0.15, 0.2) is 24.5 Å². The quantitative estimate of drug-likeness (QED) is 0.823. The summed E-state index contributed by atoms with van der Waals surface area (Å²) in [5, 5.41) is 0. The van der Waals surface area contributed by atoms with Gasteiger partial charge >= 0.3 is 6.09 Å². The topological polar surface area (TPSA) is 51.7 Å². The molecule has 2 rings (SSSR count). The summed E-state index contributed by atoms with van der Waals surface area (Å²) in [6, 6.07) is 3.69. The zero-order chi connectivity index (χ0) is 14.0. The van der Waals surface area contributed by atoms with Crippen molar-refractivity contribution < 1.29 is 14.3 Å². The molecule has 0 aromatic carbocycles. The normalized spacial score (nSPS) is 22.6. The van der Waals surface area contributed by atoms with E-state index in [1.807, 2.05) is 39.8 Å². The van der Waals surface area contributed by atoms with Gasteiger partial charge in [0, 0.05) is 6.20 Å². The van der Waals surface area contributed by atoms with Gasteiger partial charge in [0.05, 0.1) is 18.8 Å². The van der Waals surface area contributed by atoms with Crippen molar-refractivity contribution in [3.05, 3.63) is 24.5 Å². The van der Waals surface area contributed by atoms with Crippen LogP contribution in [0.3, 0.4) is 0 Å². The molecule has 2 heterocycles. The highest BCUT2D eigenvalue weighted by Gasteiger charge is 2.42. The molecule has 0 N–H and O–H groups in total. The maximum absolute atomic E-state index is 11.9. The molecule has 104 valence electrons. The lowest BCUT2D eigenvalue weighted by Gasteiger charge is -2.45. The van der Waals surface area contributed by atoms with Gasteiger partial charge < -0.3 is 9.47 Å². The number of pyridine rings is 1. The largest absolute Gasteiger partial charge is 0.485 e. The van der Waals surface area contributed by atoms with E-state index in [1.54, 1.807) is 17.3 Å². The molecule has 1 aromatic heterocycles. The van der Waals surface area contributed by atoms with Gasteiger partial charge in [-0.2, -0.15) is 0 Å². The van der Waals surface area contributed by atoms with Crippen molar-refractivity contribution in [1.82, 2.24) is 9.88 Å². The van der Waals surface area contributed by atoms with Gasteiger partial charge in [0.25, 0.3) is 0 Å². The minimum Gasteiger partial charge on any atom is -0.485 e. The summed E-state index contributed by atoms with van der Waals surface area (Å²) in [5.41, 5.74) is -0.466. The SMILES string of the molecule is C[C@H]1[C@H](Oc2cccnc2)CN1C(=O)OC(C)(C)C. The van der Waals surface area contributed by atoms with E-state index < -0.39 is 5.60 Å². The van der Waals surface area contributed by atoms with Gasteiger partial charge in [0.15, 0.2) is 0 Å². The number of carbonyl (C=O) groups excluding carboxylic acids is 1. The number of nitrogens with zero attached hydrogens (tertiary/aromatic N) is 2. The van der Waals surface area contributed by atoms with Crippen molar-refractivity contribution in [2.45, 2.75) is 45.4 Å². The van der Waals surface area contributed by atoms with Gasteiger partial charge in [-0.3, -0.25) is 9.88 Å². The lowest BCUT2D eigenvalue weighted by atomic mass is 10.0. The number of aromatic nitrogens is 1. The molecule has 0 unspecified atom stereocenters. The maximum atomic E-state index is 11.9. The molecule has 19 heavy (non-hydrogen) atoms. The molecule has 2 atom stereocenters.